The number of carbonyl (C=O) groups excluding carboxylic acids is 1. The molecule has 2 heterocycles. The zero-order chi connectivity index (χ0) is 18.6. The van der Waals surface area contributed by atoms with E-state index in [4.69, 9.17) is 9.15 Å². The molecule has 1 aliphatic rings. The van der Waals surface area contributed by atoms with Crippen molar-refractivity contribution in [1.82, 2.24) is 15.1 Å². The molecule has 0 bridgehead atoms. The first kappa shape index (κ1) is 17.3. The van der Waals surface area contributed by atoms with E-state index >= 15 is 0 Å². The number of amides is 1. The molecule has 1 aliphatic heterocycles. The molecule has 1 amide bonds. The largest absolute Gasteiger partial charge is 0.496 e. The van der Waals surface area contributed by atoms with Crippen LogP contribution in [-0.2, 0) is 24.2 Å². The maximum atomic E-state index is 12.6. The first-order valence-corrected chi connectivity index (χ1v) is 9.05. The maximum Gasteiger partial charge on any atom is 0.251 e. The Morgan fingerprint density at radius 3 is 2.74 bits per heavy atom. The third-order valence-corrected chi connectivity index (χ3v) is 4.84. The van der Waals surface area contributed by atoms with Gasteiger partial charge in [0.05, 0.1) is 12.7 Å². The lowest BCUT2D eigenvalue weighted by Crippen LogP contribution is -2.36. The highest BCUT2D eigenvalue weighted by atomic mass is 16.5. The number of hydrogen-bond acceptors (Lipinski definition) is 5. The monoisotopic (exact) mass is 363 g/mol. The summed E-state index contributed by atoms with van der Waals surface area (Å²) in [5, 5.41) is 8.17. The van der Waals surface area contributed by atoms with Gasteiger partial charge in [-0.25, -0.2) is 0 Å². The van der Waals surface area contributed by atoms with Crippen LogP contribution in [0.5, 0.6) is 5.75 Å². The van der Waals surface area contributed by atoms with Crippen molar-refractivity contribution in [2.24, 2.45) is 0 Å². The van der Waals surface area contributed by atoms with Crippen molar-refractivity contribution in [2.45, 2.75) is 25.8 Å². The van der Waals surface area contributed by atoms with Crippen molar-refractivity contribution in [3.63, 3.8) is 0 Å². The molecule has 0 aliphatic carbocycles. The normalized spacial score (nSPS) is 13.3. The SMILES string of the molecule is COc1ccccc1-c1nnc(CCC(=O)N2CCc3ccccc3C2)o1. The van der Waals surface area contributed by atoms with E-state index < -0.39 is 0 Å². The predicted octanol–water partition coefficient (Wildman–Crippen LogP) is 3.26. The van der Waals surface area contributed by atoms with E-state index in [0.29, 0.717) is 36.9 Å². The molecule has 0 atom stereocenters. The second kappa shape index (κ2) is 7.61. The highest BCUT2D eigenvalue weighted by Crippen LogP contribution is 2.28. The summed E-state index contributed by atoms with van der Waals surface area (Å²) < 4.78 is 11.1. The number of carbonyl (C=O) groups is 1. The molecular weight excluding hydrogens is 342 g/mol. The Morgan fingerprint density at radius 1 is 1.11 bits per heavy atom. The Morgan fingerprint density at radius 2 is 1.89 bits per heavy atom. The van der Waals surface area contributed by atoms with E-state index in [1.165, 1.54) is 11.1 Å². The van der Waals surface area contributed by atoms with Gasteiger partial charge in [-0.2, -0.15) is 0 Å². The van der Waals surface area contributed by atoms with Crippen LogP contribution < -0.4 is 4.74 Å². The van der Waals surface area contributed by atoms with Gasteiger partial charge >= 0.3 is 0 Å². The van der Waals surface area contributed by atoms with Crippen molar-refractivity contribution >= 4 is 5.91 Å². The zero-order valence-electron chi connectivity index (χ0n) is 15.2. The van der Waals surface area contributed by atoms with E-state index in [1.807, 2.05) is 41.3 Å². The summed E-state index contributed by atoms with van der Waals surface area (Å²) in [4.78, 5) is 14.5. The number of aromatic nitrogens is 2. The average molecular weight is 363 g/mol. The number of nitrogens with zero attached hydrogens (tertiary/aromatic N) is 3. The third-order valence-electron chi connectivity index (χ3n) is 4.84. The number of hydrogen-bond donors (Lipinski definition) is 0. The van der Waals surface area contributed by atoms with Gasteiger partial charge in [0.15, 0.2) is 0 Å². The maximum absolute atomic E-state index is 12.6. The molecule has 1 aromatic heterocycles. The summed E-state index contributed by atoms with van der Waals surface area (Å²) >= 11 is 0. The molecule has 0 N–H and O–H groups in total. The van der Waals surface area contributed by atoms with Gasteiger partial charge in [0.2, 0.25) is 11.8 Å². The molecule has 0 unspecified atom stereocenters. The number of rotatable bonds is 5. The number of aryl methyl sites for hydroxylation is 1. The van der Waals surface area contributed by atoms with Gasteiger partial charge in [-0.05, 0) is 29.7 Å². The zero-order valence-corrected chi connectivity index (χ0v) is 15.2. The fraction of sp³-hybridized carbons (Fsp3) is 0.286. The van der Waals surface area contributed by atoms with E-state index in [0.717, 1.165) is 18.5 Å². The Hall–Kier alpha value is -3.15. The van der Waals surface area contributed by atoms with Gasteiger partial charge in [-0.1, -0.05) is 36.4 Å². The molecule has 0 spiro atoms. The quantitative estimate of drug-likeness (QED) is 0.696. The van der Waals surface area contributed by atoms with E-state index in [2.05, 4.69) is 22.3 Å². The number of para-hydroxylation sites is 1. The van der Waals surface area contributed by atoms with Crippen LogP contribution in [0.4, 0.5) is 0 Å². The first-order chi connectivity index (χ1) is 13.2. The van der Waals surface area contributed by atoms with E-state index in [9.17, 15) is 4.79 Å². The summed E-state index contributed by atoms with van der Waals surface area (Å²) in [7, 11) is 1.60. The summed E-state index contributed by atoms with van der Waals surface area (Å²) in [6.07, 6.45) is 1.69. The number of fused-ring (bicyclic) bond motifs is 1. The first-order valence-electron chi connectivity index (χ1n) is 9.05. The minimum Gasteiger partial charge on any atom is -0.496 e. The Bertz CT molecular complexity index is 951. The highest BCUT2D eigenvalue weighted by Gasteiger charge is 2.21. The molecule has 4 rings (SSSR count). The molecule has 0 saturated carbocycles. The van der Waals surface area contributed by atoms with Crippen LogP contribution in [0.15, 0.2) is 52.9 Å². The van der Waals surface area contributed by atoms with Crippen LogP contribution in [0.2, 0.25) is 0 Å². The summed E-state index contributed by atoms with van der Waals surface area (Å²) in [6.45, 7) is 1.43. The summed E-state index contributed by atoms with van der Waals surface area (Å²) in [5.41, 5.74) is 3.31. The van der Waals surface area contributed by atoms with Crippen LogP contribution in [-0.4, -0.2) is 34.7 Å². The fourth-order valence-corrected chi connectivity index (χ4v) is 3.37. The van der Waals surface area contributed by atoms with Gasteiger partial charge < -0.3 is 14.1 Å². The van der Waals surface area contributed by atoms with Gasteiger partial charge in [-0.15, -0.1) is 10.2 Å². The Kier molecular flexibility index (Phi) is 4.87. The lowest BCUT2D eigenvalue weighted by atomic mass is 9.99. The minimum atomic E-state index is 0.113. The second-order valence-corrected chi connectivity index (χ2v) is 6.54. The molecule has 0 radical (unpaired) electrons. The van der Waals surface area contributed by atoms with Gasteiger partial charge in [0, 0.05) is 25.9 Å². The van der Waals surface area contributed by atoms with Crippen molar-refractivity contribution in [1.29, 1.82) is 0 Å². The van der Waals surface area contributed by atoms with Crippen molar-refractivity contribution in [2.75, 3.05) is 13.7 Å². The summed E-state index contributed by atoms with van der Waals surface area (Å²) in [6, 6.07) is 15.8. The smallest absolute Gasteiger partial charge is 0.251 e. The van der Waals surface area contributed by atoms with Gasteiger partial charge in [0.1, 0.15) is 5.75 Å². The molecule has 6 nitrogen and oxygen atoms in total. The van der Waals surface area contributed by atoms with Crippen LogP contribution in [0.25, 0.3) is 11.5 Å². The standard InChI is InChI=1S/C21H21N3O3/c1-26-18-9-5-4-8-17(18)21-23-22-19(27-21)10-11-20(25)24-13-12-15-6-2-3-7-16(15)14-24/h2-9H,10-14H2,1H3. The average Bonchev–Trinajstić information content (AvgIpc) is 3.20. The van der Waals surface area contributed by atoms with E-state index in [-0.39, 0.29) is 5.91 Å². The molecule has 0 saturated heterocycles. The molecule has 138 valence electrons. The van der Waals surface area contributed by atoms with Crippen LogP contribution >= 0.6 is 0 Å². The lowest BCUT2D eigenvalue weighted by molar-refractivity contribution is -0.132. The number of methoxy groups -OCH3 is 1. The second-order valence-electron chi connectivity index (χ2n) is 6.54. The number of ether oxygens (including phenoxy) is 1. The van der Waals surface area contributed by atoms with Crippen molar-refractivity contribution < 1.29 is 13.9 Å². The fourth-order valence-electron chi connectivity index (χ4n) is 3.37. The predicted molar refractivity (Wildman–Crippen MR) is 100 cm³/mol. The molecule has 6 heteroatoms. The van der Waals surface area contributed by atoms with Crippen molar-refractivity contribution in [3.8, 4) is 17.2 Å². The molecule has 0 fully saturated rings. The molecule has 2 aromatic carbocycles. The van der Waals surface area contributed by atoms with Crippen molar-refractivity contribution in [3.05, 3.63) is 65.5 Å². The topological polar surface area (TPSA) is 68.5 Å². The van der Waals surface area contributed by atoms with Gasteiger partial charge in [0.25, 0.3) is 5.89 Å². The molecular formula is C21H21N3O3. The van der Waals surface area contributed by atoms with E-state index in [1.54, 1.807) is 7.11 Å². The van der Waals surface area contributed by atoms with Crippen LogP contribution in [0.1, 0.15) is 23.4 Å². The van der Waals surface area contributed by atoms with Crippen LogP contribution in [0, 0.1) is 0 Å². The molecule has 3 aromatic rings. The Balaban J connectivity index is 1.38. The summed E-state index contributed by atoms with van der Waals surface area (Å²) in [5.74, 6) is 1.65. The highest BCUT2D eigenvalue weighted by molar-refractivity contribution is 5.76. The number of benzene rings is 2. The van der Waals surface area contributed by atoms with Gasteiger partial charge in [-0.3, -0.25) is 4.79 Å². The lowest BCUT2D eigenvalue weighted by Gasteiger charge is -2.28. The Labute approximate surface area is 157 Å². The molecule has 27 heavy (non-hydrogen) atoms. The third kappa shape index (κ3) is 3.69. The minimum absolute atomic E-state index is 0.113. The van der Waals surface area contributed by atoms with Crippen LogP contribution in [0.3, 0.4) is 0 Å².